The topological polar surface area (TPSA) is 83.9 Å². The molecule has 0 unspecified atom stereocenters. The summed E-state index contributed by atoms with van der Waals surface area (Å²) in [4.78, 5) is 40.0. The number of carbonyl (C=O) groups excluding carboxylic acids is 2. The summed E-state index contributed by atoms with van der Waals surface area (Å²) in [6, 6.07) is 15.1. The van der Waals surface area contributed by atoms with Crippen LogP contribution in [-0.2, 0) is 21.0 Å². The average Bonchev–Trinajstić information content (AvgIpc) is 2.86. The van der Waals surface area contributed by atoms with Gasteiger partial charge < -0.3 is 14.7 Å². The highest BCUT2D eigenvalue weighted by atomic mass is 35.5. The van der Waals surface area contributed by atoms with Crippen molar-refractivity contribution in [1.82, 2.24) is 4.90 Å². The lowest BCUT2D eigenvalue weighted by molar-refractivity contribution is -0.137. The highest BCUT2D eigenvalue weighted by Crippen LogP contribution is 2.49. The van der Waals surface area contributed by atoms with Crippen LogP contribution in [0.15, 0.2) is 71.1 Å². The Morgan fingerprint density at radius 2 is 1.61 bits per heavy atom. The molecule has 1 aliphatic heterocycles. The Kier molecular flexibility index (Phi) is 6.97. The second-order valence-corrected chi connectivity index (χ2v) is 9.93. The first-order valence-corrected chi connectivity index (χ1v) is 12.8. The van der Waals surface area contributed by atoms with Gasteiger partial charge in [0.15, 0.2) is 11.6 Å². The molecular formula is C29H28ClNO5. The highest BCUT2D eigenvalue weighted by molar-refractivity contribution is 6.30. The van der Waals surface area contributed by atoms with Gasteiger partial charge in [0, 0.05) is 52.9 Å². The minimum Gasteiger partial charge on any atom is -0.489 e. The number of ether oxygens (including phenoxy) is 1. The van der Waals surface area contributed by atoms with Crippen LogP contribution < -0.4 is 4.74 Å². The summed E-state index contributed by atoms with van der Waals surface area (Å²) in [5.41, 5.74) is 4.86. The molecule has 0 atom stereocenters. The molecule has 2 aromatic carbocycles. The van der Waals surface area contributed by atoms with E-state index in [1.807, 2.05) is 53.4 Å². The van der Waals surface area contributed by atoms with E-state index >= 15 is 0 Å². The number of Topliss-reactive ketones (excluding diaryl/α,β-unsaturated/α-hetero) is 2. The number of carboxylic acids is 1. The largest absolute Gasteiger partial charge is 0.489 e. The van der Waals surface area contributed by atoms with Gasteiger partial charge in [-0.15, -0.1) is 0 Å². The molecule has 2 aliphatic carbocycles. The molecule has 1 heterocycles. The van der Waals surface area contributed by atoms with Crippen molar-refractivity contribution in [2.75, 3.05) is 6.54 Å². The lowest BCUT2D eigenvalue weighted by atomic mass is 9.71. The van der Waals surface area contributed by atoms with Crippen LogP contribution in [0.2, 0.25) is 5.02 Å². The number of ketones is 2. The molecule has 1 N–H and O–H groups in total. The Morgan fingerprint density at radius 3 is 2.25 bits per heavy atom. The number of nitrogens with zero attached hydrogens (tertiary/aromatic N) is 1. The van der Waals surface area contributed by atoms with E-state index in [2.05, 4.69) is 0 Å². The Labute approximate surface area is 215 Å². The van der Waals surface area contributed by atoms with Crippen LogP contribution in [-0.4, -0.2) is 34.1 Å². The van der Waals surface area contributed by atoms with Gasteiger partial charge in [-0.05, 0) is 61.1 Å². The smallest absolute Gasteiger partial charge is 0.305 e. The molecule has 36 heavy (non-hydrogen) atoms. The van der Waals surface area contributed by atoms with Crippen LogP contribution in [0.4, 0.5) is 0 Å². The summed E-state index contributed by atoms with van der Waals surface area (Å²) in [6.45, 7) is 0.612. The molecule has 0 amide bonds. The number of rotatable bonds is 7. The van der Waals surface area contributed by atoms with Gasteiger partial charge in [0.25, 0.3) is 0 Å². The molecule has 6 nitrogen and oxygen atoms in total. The average molecular weight is 506 g/mol. The van der Waals surface area contributed by atoms with Gasteiger partial charge in [0.05, 0.1) is 6.42 Å². The van der Waals surface area contributed by atoms with Crippen molar-refractivity contribution in [2.24, 2.45) is 0 Å². The molecular weight excluding hydrogens is 478 g/mol. The minimum absolute atomic E-state index is 0.0387. The zero-order valence-corrected chi connectivity index (χ0v) is 20.7. The molecule has 2 aromatic rings. The van der Waals surface area contributed by atoms with Crippen LogP contribution in [0.1, 0.15) is 62.0 Å². The van der Waals surface area contributed by atoms with E-state index in [1.54, 1.807) is 0 Å². The second-order valence-electron chi connectivity index (χ2n) is 9.49. The molecule has 0 saturated heterocycles. The van der Waals surface area contributed by atoms with E-state index in [4.69, 9.17) is 16.3 Å². The molecule has 7 heteroatoms. The Morgan fingerprint density at radius 1 is 0.944 bits per heavy atom. The van der Waals surface area contributed by atoms with Gasteiger partial charge in [0.2, 0.25) is 0 Å². The van der Waals surface area contributed by atoms with Crippen molar-refractivity contribution < 1.29 is 24.2 Å². The summed E-state index contributed by atoms with van der Waals surface area (Å²) in [6.07, 6.45) is 3.68. The second kappa shape index (κ2) is 10.3. The first-order valence-electron chi connectivity index (χ1n) is 12.4. The number of hydrogen-bond acceptors (Lipinski definition) is 5. The maximum Gasteiger partial charge on any atom is 0.305 e. The molecule has 3 aliphatic rings. The molecule has 0 fully saturated rings. The third kappa shape index (κ3) is 4.82. The molecule has 0 radical (unpaired) electrons. The number of carboxylic acid groups (broad SMARTS) is 1. The molecule has 0 spiro atoms. The first kappa shape index (κ1) is 24.3. The number of allylic oxidation sites excluding steroid dienone is 4. The Hall–Kier alpha value is -3.38. The van der Waals surface area contributed by atoms with Crippen LogP contribution in [0.3, 0.4) is 0 Å². The normalized spacial score (nSPS) is 18.3. The van der Waals surface area contributed by atoms with Crippen molar-refractivity contribution in [1.29, 1.82) is 0 Å². The number of hydrogen-bond donors (Lipinski definition) is 1. The Balaban J connectivity index is 1.54. The SMILES string of the molecule is O=C(O)CCN1C2=C(C(=O)CCC2)C(c2cccc(OCc3cccc(Cl)c3)c2)C2=C1CCCC2=O. The predicted molar refractivity (Wildman–Crippen MR) is 136 cm³/mol. The summed E-state index contributed by atoms with van der Waals surface area (Å²) in [5.74, 6) is -0.619. The van der Waals surface area contributed by atoms with E-state index in [9.17, 15) is 19.5 Å². The number of aliphatic carboxylic acids is 1. The zero-order chi connectivity index (χ0) is 25.2. The molecule has 0 saturated carbocycles. The van der Waals surface area contributed by atoms with Gasteiger partial charge in [-0.2, -0.15) is 0 Å². The molecule has 0 aromatic heterocycles. The summed E-state index contributed by atoms with van der Waals surface area (Å²) in [5, 5.41) is 9.98. The van der Waals surface area contributed by atoms with E-state index in [-0.39, 0.29) is 24.5 Å². The van der Waals surface area contributed by atoms with Crippen LogP contribution in [0.5, 0.6) is 5.75 Å². The van der Waals surface area contributed by atoms with Gasteiger partial charge in [-0.25, -0.2) is 0 Å². The van der Waals surface area contributed by atoms with Crippen LogP contribution >= 0.6 is 11.6 Å². The minimum atomic E-state index is -0.893. The van der Waals surface area contributed by atoms with Crippen molar-refractivity contribution in [3.8, 4) is 5.75 Å². The standard InChI is InChI=1S/C29H28ClNO5/c30-20-7-1-5-18(15-20)17-36-21-8-2-6-19(16-21)27-28-22(9-3-11-24(28)32)31(14-13-26(34)35)23-10-4-12-25(33)29(23)27/h1-2,5-8,15-16,27H,3-4,9-14,17H2,(H,34,35). The number of carbonyl (C=O) groups is 3. The monoisotopic (exact) mass is 505 g/mol. The number of halogens is 1. The van der Waals surface area contributed by atoms with Crippen molar-refractivity contribution in [3.63, 3.8) is 0 Å². The third-order valence-electron chi connectivity index (χ3n) is 7.12. The maximum absolute atomic E-state index is 13.3. The fourth-order valence-corrected chi connectivity index (χ4v) is 5.82. The first-order chi connectivity index (χ1) is 17.4. The summed E-state index contributed by atoms with van der Waals surface area (Å²) < 4.78 is 6.05. The van der Waals surface area contributed by atoms with Crippen LogP contribution in [0.25, 0.3) is 0 Å². The summed E-state index contributed by atoms with van der Waals surface area (Å²) >= 11 is 6.10. The van der Waals surface area contributed by atoms with E-state index in [0.29, 0.717) is 54.2 Å². The maximum atomic E-state index is 13.3. The molecule has 5 rings (SSSR count). The summed E-state index contributed by atoms with van der Waals surface area (Å²) in [7, 11) is 0. The Bertz CT molecular complexity index is 1250. The molecule has 0 bridgehead atoms. The number of benzene rings is 2. The highest BCUT2D eigenvalue weighted by Gasteiger charge is 2.43. The molecule has 186 valence electrons. The van der Waals surface area contributed by atoms with Crippen LogP contribution in [0, 0.1) is 0 Å². The van der Waals surface area contributed by atoms with E-state index < -0.39 is 11.9 Å². The van der Waals surface area contributed by atoms with E-state index in [0.717, 1.165) is 35.4 Å². The van der Waals surface area contributed by atoms with E-state index in [1.165, 1.54) is 0 Å². The van der Waals surface area contributed by atoms with Crippen molar-refractivity contribution >= 4 is 29.1 Å². The van der Waals surface area contributed by atoms with Gasteiger partial charge >= 0.3 is 5.97 Å². The lowest BCUT2D eigenvalue weighted by Gasteiger charge is -2.44. The quantitative estimate of drug-likeness (QED) is 0.511. The lowest BCUT2D eigenvalue weighted by Crippen LogP contribution is -2.39. The van der Waals surface area contributed by atoms with Crippen molar-refractivity contribution in [3.05, 3.63) is 87.2 Å². The fourth-order valence-electron chi connectivity index (χ4n) is 5.60. The fraction of sp³-hybridized carbons (Fsp3) is 0.345. The van der Waals surface area contributed by atoms with Gasteiger partial charge in [0.1, 0.15) is 12.4 Å². The predicted octanol–water partition coefficient (Wildman–Crippen LogP) is 5.81. The van der Waals surface area contributed by atoms with Gasteiger partial charge in [-0.3, -0.25) is 14.4 Å². The third-order valence-corrected chi connectivity index (χ3v) is 7.36. The van der Waals surface area contributed by atoms with Crippen molar-refractivity contribution in [2.45, 2.75) is 57.5 Å². The van der Waals surface area contributed by atoms with Gasteiger partial charge in [-0.1, -0.05) is 35.9 Å². The zero-order valence-electron chi connectivity index (χ0n) is 20.0.